The summed E-state index contributed by atoms with van der Waals surface area (Å²) in [6.45, 7) is 5.14. The lowest BCUT2D eigenvalue weighted by molar-refractivity contribution is 0.110. The highest BCUT2D eigenvalue weighted by Crippen LogP contribution is 2.13. The van der Waals surface area contributed by atoms with Crippen molar-refractivity contribution in [3.8, 4) is 5.75 Å². The van der Waals surface area contributed by atoms with E-state index in [0.29, 0.717) is 0 Å². The third-order valence-electron chi connectivity index (χ3n) is 4.71. The minimum absolute atomic E-state index is 0.310. The van der Waals surface area contributed by atoms with E-state index in [1.54, 1.807) is 7.11 Å². The van der Waals surface area contributed by atoms with E-state index >= 15 is 0 Å². The van der Waals surface area contributed by atoms with Crippen LogP contribution in [-0.4, -0.2) is 60.8 Å². The fraction of sp³-hybridized carbons (Fsp3) is 0.364. The Labute approximate surface area is 156 Å². The predicted octanol–water partition coefficient (Wildman–Crippen LogP) is 2.89. The molecule has 0 spiro atoms. The molecule has 0 aliphatic carbocycles. The Balaban J connectivity index is 1.50. The molecule has 3 rings (SSSR count). The first-order valence-electron chi connectivity index (χ1n) is 9.20. The van der Waals surface area contributed by atoms with Gasteiger partial charge in [-0.3, -0.25) is 9.80 Å². The molecule has 1 aliphatic rings. The van der Waals surface area contributed by atoms with Crippen molar-refractivity contribution in [2.24, 2.45) is 0 Å². The van der Waals surface area contributed by atoms with Gasteiger partial charge in [-0.15, -0.1) is 0 Å². The van der Waals surface area contributed by atoms with Gasteiger partial charge in [-0.25, -0.2) is 0 Å². The monoisotopic (exact) mass is 352 g/mol. The predicted molar refractivity (Wildman–Crippen MR) is 106 cm³/mol. The minimum atomic E-state index is -0.310. The van der Waals surface area contributed by atoms with Gasteiger partial charge in [-0.1, -0.05) is 54.6 Å². The van der Waals surface area contributed by atoms with Gasteiger partial charge in [0.05, 0.1) is 13.2 Å². The number of aliphatic hydroxyl groups is 1. The van der Waals surface area contributed by atoms with E-state index in [9.17, 15) is 5.11 Å². The lowest BCUT2D eigenvalue weighted by atomic mass is 10.2. The largest absolute Gasteiger partial charge is 0.497 e. The Morgan fingerprint density at radius 1 is 1.00 bits per heavy atom. The maximum Gasteiger partial charge on any atom is 0.118 e. The van der Waals surface area contributed by atoms with Crippen LogP contribution in [0, 0.1) is 0 Å². The van der Waals surface area contributed by atoms with Crippen LogP contribution in [0.15, 0.2) is 60.7 Å². The molecule has 0 saturated carbocycles. The summed E-state index contributed by atoms with van der Waals surface area (Å²) in [5, 5.41) is 10.4. The average molecular weight is 352 g/mol. The van der Waals surface area contributed by atoms with Crippen LogP contribution in [0.25, 0.3) is 6.08 Å². The smallest absolute Gasteiger partial charge is 0.118 e. The van der Waals surface area contributed by atoms with Gasteiger partial charge in [-0.05, 0) is 23.3 Å². The zero-order valence-electron chi connectivity index (χ0n) is 15.4. The Bertz CT molecular complexity index is 685. The van der Waals surface area contributed by atoms with Gasteiger partial charge in [0.1, 0.15) is 5.75 Å². The second-order valence-electron chi connectivity index (χ2n) is 6.81. The maximum atomic E-state index is 10.4. The Hall–Kier alpha value is -2.14. The molecule has 1 atom stereocenters. The number of hydrogen-bond donors (Lipinski definition) is 1. The Kier molecular flexibility index (Phi) is 6.83. The van der Waals surface area contributed by atoms with E-state index in [-0.39, 0.29) is 6.10 Å². The van der Waals surface area contributed by atoms with Crippen molar-refractivity contribution >= 4 is 6.08 Å². The van der Waals surface area contributed by atoms with Crippen molar-refractivity contribution in [2.75, 3.05) is 39.8 Å². The second-order valence-corrected chi connectivity index (χ2v) is 6.81. The first-order chi connectivity index (χ1) is 12.7. The second kappa shape index (κ2) is 9.53. The summed E-state index contributed by atoms with van der Waals surface area (Å²) in [4.78, 5) is 4.66. The fourth-order valence-electron chi connectivity index (χ4n) is 3.32. The molecule has 0 radical (unpaired) electrons. The summed E-state index contributed by atoms with van der Waals surface area (Å²) in [6.07, 6.45) is 3.98. The summed E-state index contributed by atoms with van der Waals surface area (Å²) in [5.74, 6) is 0.872. The van der Waals surface area contributed by atoms with E-state index < -0.39 is 0 Å². The summed E-state index contributed by atoms with van der Waals surface area (Å²) in [7, 11) is 1.68. The first-order valence-corrected chi connectivity index (χ1v) is 9.20. The molecule has 0 amide bonds. The number of methoxy groups -OCH3 is 1. The fourth-order valence-corrected chi connectivity index (χ4v) is 3.32. The molecule has 1 N–H and O–H groups in total. The van der Waals surface area contributed by atoms with E-state index in [1.807, 2.05) is 30.3 Å². The van der Waals surface area contributed by atoms with Gasteiger partial charge in [0.2, 0.25) is 0 Å². The van der Waals surface area contributed by atoms with Crippen molar-refractivity contribution in [1.29, 1.82) is 0 Å². The van der Waals surface area contributed by atoms with Gasteiger partial charge in [-0.2, -0.15) is 0 Å². The van der Waals surface area contributed by atoms with Crippen molar-refractivity contribution in [2.45, 2.75) is 12.6 Å². The molecule has 1 heterocycles. The molecule has 2 aromatic carbocycles. The van der Waals surface area contributed by atoms with Crippen LogP contribution < -0.4 is 4.74 Å². The highest BCUT2D eigenvalue weighted by molar-refractivity contribution is 5.50. The molecule has 1 aliphatic heterocycles. The van der Waals surface area contributed by atoms with Gasteiger partial charge in [0.15, 0.2) is 0 Å². The number of ether oxygens (including phenoxy) is 1. The molecule has 2 aromatic rings. The van der Waals surface area contributed by atoms with Crippen LogP contribution in [0.2, 0.25) is 0 Å². The minimum Gasteiger partial charge on any atom is -0.497 e. The van der Waals surface area contributed by atoms with Crippen LogP contribution in [0.5, 0.6) is 5.75 Å². The van der Waals surface area contributed by atoms with Crippen molar-refractivity contribution in [3.05, 3.63) is 71.8 Å². The normalized spacial score (nSPS) is 19.5. The standard InChI is InChI=1S/C22H28N2O2/c1-26-22-11-9-19(10-12-22)8-5-13-23-14-15-24(18-21(25)17-23)16-20-6-3-2-4-7-20/h2-12,21,25H,13-18H2,1H3. The van der Waals surface area contributed by atoms with Crippen LogP contribution in [0.4, 0.5) is 0 Å². The molecule has 4 nitrogen and oxygen atoms in total. The van der Waals surface area contributed by atoms with Crippen molar-refractivity contribution < 1.29 is 9.84 Å². The summed E-state index contributed by atoms with van der Waals surface area (Å²) in [6, 6.07) is 18.5. The van der Waals surface area contributed by atoms with Crippen LogP contribution in [-0.2, 0) is 6.54 Å². The molecule has 0 aromatic heterocycles. The molecule has 1 fully saturated rings. The van der Waals surface area contributed by atoms with Crippen LogP contribution in [0.3, 0.4) is 0 Å². The molecule has 1 saturated heterocycles. The Morgan fingerprint density at radius 2 is 1.69 bits per heavy atom. The maximum absolute atomic E-state index is 10.4. The number of aliphatic hydroxyl groups excluding tert-OH is 1. The molecule has 1 unspecified atom stereocenters. The molecule has 138 valence electrons. The quantitative estimate of drug-likeness (QED) is 0.867. The third-order valence-corrected chi connectivity index (χ3v) is 4.71. The zero-order chi connectivity index (χ0) is 18.2. The summed E-state index contributed by atoms with van der Waals surface area (Å²) < 4.78 is 5.18. The summed E-state index contributed by atoms with van der Waals surface area (Å²) >= 11 is 0. The molecule has 0 bridgehead atoms. The molecular formula is C22H28N2O2. The zero-order valence-corrected chi connectivity index (χ0v) is 15.4. The van der Waals surface area contributed by atoms with E-state index in [1.165, 1.54) is 5.56 Å². The van der Waals surface area contributed by atoms with E-state index in [0.717, 1.165) is 50.6 Å². The molecule has 4 heteroatoms. The highest BCUT2D eigenvalue weighted by Gasteiger charge is 2.20. The number of β-amino-alcohol motifs (C(OH)–C–C–N with tert-alkyl or cyclic N) is 1. The molecule has 26 heavy (non-hydrogen) atoms. The number of benzene rings is 2. The third kappa shape index (κ3) is 5.70. The van der Waals surface area contributed by atoms with Gasteiger partial charge in [0, 0.05) is 39.3 Å². The van der Waals surface area contributed by atoms with E-state index in [2.05, 4.69) is 46.2 Å². The SMILES string of the molecule is COc1ccc(C=CCN2CCN(Cc3ccccc3)CC(O)C2)cc1. The highest BCUT2D eigenvalue weighted by atomic mass is 16.5. The van der Waals surface area contributed by atoms with Gasteiger partial charge in [0.25, 0.3) is 0 Å². The van der Waals surface area contributed by atoms with E-state index in [4.69, 9.17) is 4.74 Å². The topological polar surface area (TPSA) is 35.9 Å². The van der Waals surface area contributed by atoms with Crippen molar-refractivity contribution in [1.82, 2.24) is 9.80 Å². The van der Waals surface area contributed by atoms with Gasteiger partial charge >= 0.3 is 0 Å². The summed E-state index contributed by atoms with van der Waals surface area (Å²) in [5.41, 5.74) is 2.46. The Morgan fingerprint density at radius 3 is 2.42 bits per heavy atom. The average Bonchev–Trinajstić information content (AvgIpc) is 2.84. The van der Waals surface area contributed by atoms with Crippen LogP contribution >= 0.6 is 0 Å². The van der Waals surface area contributed by atoms with Gasteiger partial charge < -0.3 is 9.84 Å². The molecular weight excluding hydrogens is 324 g/mol. The number of hydrogen-bond acceptors (Lipinski definition) is 4. The van der Waals surface area contributed by atoms with Crippen molar-refractivity contribution in [3.63, 3.8) is 0 Å². The number of rotatable bonds is 6. The lowest BCUT2D eigenvalue weighted by Gasteiger charge is -2.21. The van der Waals surface area contributed by atoms with Crippen LogP contribution in [0.1, 0.15) is 11.1 Å². The first kappa shape index (κ1) is 18.6. The lowest BCUT2D eigenvalue weighted by Crippen LogP contribution is -2.33. The number of nitrogens with zero attached hydrogens (tertiary/aromatic N) is 2.